The van der Waals surface area contributed by atoms with Crippen LogP contribution >= 0.6 is 0 Å². The van der Waals surface area contributed by atoms with Crippen molar-refractivity contribution in [1.82, 2.24) is 14.9 Å². The molecule has 1 rings (SSSR count). The van der Waals surface area contributed by atoms with E-state index in [-0.39, 0.29) is 11.6 Å². The van der Waals surface area contributed by atoms with Crippen molar-refractivity contribution in [3.8, 4) is 0 Å². The number of nitrogens with one attached hydrogen (secondary N) is 2. The Kier molecular flexibility index (Phi) is 7.70. The van der Waals surface area contributed by atoms with Gasteiger partial charge in [0.05, 0.1) is 19.4 Å². The molecule has 0 aliphatic heterocycles. The van der Waals surface area contributed by atoms with Gasteiger partial charge in [0.1, 0.15) is 0 Å². The standard InChI is InChI=1S/C11H22N4O4S/c1-18-6-7-19-5-3-2-4-14-20(16,17)11-10(8-12)9-13-15-11/h9,14H,2-8,12H2,1H3,(H,13,15). The second-order valence-corrected chi connectivity index (χ2v) is 5.84. The highest BCUT2D eigenvalue weighted by Crippen LogP contribution is 2.10. The van der Waals surface area contributed by atoms with E-state index < -0.39 is 10.0 Å². The van der Waals surface area contributed by atoms with Crippen molar-refractivity contribution in [2.45, 2.75) is 24.4 Å². The van der Waals surface area contributed by atoms with Gasteiger partial charge >= 0.3 is 0 Å². The van der Waals surface area contributed by atoms with E-state index in [0.717, 1.165) is 6.42 Å². The first-order valence-electron chi connectivity index (χ1n) is 6.40. The van der Waals surface area contributed by atoms with Crippen molar-refractivity contribution in [3.05, 3.63) is 11.8 Å². The van der Waals surface area contributed by atoms with Crippen molar-refractivity contribution >= 4 is 10.0 Å². The minimum absolute atomic E-state index is 0.0383. The van der Waals surface area contributed by atoms with Gasteiger partial charge in [0.25, 0.3) is 10.0 Å². The summed E-state index contributed by atoms with van der Waals surface area (Å²) < 4.78 is 36.5. The van der Waals surface area contributed by atoms with E-state index in [1.807, 2.05) is 0 Å². The van der Waals surface area contributed by atoms with Gasteiger partial charge in [0.2, 0.25) is 0 Å². The molecule has 0 aliphatic rings. The lowest BCUT2D eigenvalue weighted by Gasteiger charge is -2.07. The van der Waals surface area contributed by atoms with Gasteiger partial charge < -0.3 is 15.2 Å². The van der Waals surface area contributed by atoms with Gasteiger partial charge in [0.15, 0.2) is 5.03 Å². The summed E-state index contributed by atoms with van der Waals surface area (Å²) in [6.07, 6.45) is 2.88. The number of rotatable bonds is 11. The molecule has 116 valence electrons. The summed E-state index contributed by atoms with van der Waals surface area (Å²) in [6, 6.07) is 0. The van der Waals surface area contributed by atoms with Gasteiger partial charge in [-0.2, -0.15) is 5.10 Å². The molecule has 1 heterocycles. The van der Waals surface area contributed by atoms with E-state index in [2.05, 4.69) is 14.9 Å². The molecule has 4 N–H and O–H groups in total. The van der Waals surface area contributed by atoms with Crippen LogP contribution < -0.4 is 10.5 Å². The number of nitrogens with two attached hydrogens (primary N) is 1. The summed E-state index contributed by atoms with van der Waals surface area (Å²) in [4.78, 5) is 0. The lowest BCUT2D eigenvalue weighted by atomic mass is 10.3. The number of aromatic nitrogens is 2. The number of hydrogen-bond acceptors (Lipinski definition) is 6. The monoisotopic (exact) mass is 306 g/mol. The summed E-state index contributed by atoms with van der Waals surface area (Å²) in [6.45, 7) is 2.17. The third-order valence-corrected chi connectivity index (χ3v) is 4.08. The summed E-state index contributed by atoms with van der Waals surface area (Å²) in [5.74, 6) is 0. The van der Waals surface area contributed by atoms with Crippen LogP contribution in [0.25, 0.3) is 0 Å². The average molecular weight is 306 g/mol. The molecule has 0 aromatic carbocycles. The molecule has 9 heteroatoms. The molecule has 0 amide bonds. The normalized spacial score (nSPS) is 11.9. The Labute approximate surface area is 119 Å². The number of aromatic amines is 1. The summed E-state index contributed by atoms with van der Waals surface area (Å²) in [7, 11) is -1.96. The van der Waals surface area contributed by atoms with Crippen molar-refractivity contribution in [3.63, 3.8) is 0 Å². The van der Waals surface area contributed by atoms with Crippen LogP contribution in [0, 0.1) is 0 Å². The van der Waals surface area contributed by atoms with Crippen LogP contribution in [-0.2, 0) is 26.0 Å². The predicted molar refractivity (Wildman–Crippen MR) is 73.6 cm³/mol. The maximum Gasteiger partial charge on any atom is 0.257 e. The highest BCUT2D eigenvalue weighted by atomic mass is 32.2. The van der Waals surface area contributed by atoms with Crippen molar-refractivity contribution in [2.24, 2.45) is 5.73 Å². The summed E-state index contributed by atoms with van der Waals surface area (Å²) in [5, 5.41) is 6.18. The third-order valence-electron chi connectivity index (χ3n) is 2.61. The SMILES string of the molecule is COCCOCCCCNS(=O)(=O)c1[nH]ncc1CN. The Hall–Kier alpha value is -1.00. The predicted octanol–water partition coefficient (Wildman–Crippen LogP) is -0.410. The highest BCUT2D eigenvalue weighted by Gasteiger charge is 2.19. The fourth-order valence-electron chi connectivity index (χ4n) is 1.53. The Balaban J connectivity index is 2.24. The quantitative estimate of drug-likeness (QED) is 0.478. The zero-order valence-electron chi connectivity index (χ0n) is 11.6. The maximum atomic E-state index is 12.0. The summed E-state index contributed by atoms with van der Waals surface area (Å²) >= 11 is 0. The number of ether oxygens (including phenoxy) is 2. The van der Waals surface area contributed by atoms with Gasteiger partial charge in [0, 0.05) is 32.4 Å². The minimum Gasteiger partial charge on any atom is -0.382 e. The molecule has 0 radical (unpaired) electrons. The number of sulfonamides is 1. The molecule has 20 heavy (non-hydrogen) atoms. The first kappa shape index (κ1) is 17.1. The second kappa shape index (κ2) is 9.03. The zero-order valence-corrected chi connectivity index (χ0v) is 12.4. The van der Waals surface area contributed by atoms with Crippen LogP contribution in [0.2, 0.25) is 0 Å². The van der Waals surface area contributed by atoms with E-state index in [9.17, 15) is 8.42 Å². The molecule has 0 atom stereocenters. The van der Waals surface area contributed by atoms with E-state index in [1.54, 1.807) is 7.11 Å². The lowest BCUT2D eigenvalue weighted by Crippen LogP contribution is -2.26. The molecule has 8 nitrogen and oxygen atoms in total. The summed E-state index contributed by atoms with van der Waals surface area (Å²) in [5.41, 5.74) is 5.92. The van der Waals surface area contributed by atoms with Crippen LogP contribution in [0.15, 0.2) is 11.2 Å². The Morgan fingerprint density at radius 3 is 2.85 bits per heavy atom. The zero-order chi connectivity index (χ0) is 14.8. The van der Waals surface area contributed by atoms with Crippen molar-refractivity contribution < 1.29 is 17.9 Å². The van der Waals surface area contributed by atoms with Gasteiger partial charge in [-0.1, -0.05) is 0 Å². The largest absolute Gasteiger partial charge is 0.382 e. The number of hydrogen-bond donors (Lipinski definition) is 3. The van der Waals surface area contributed by atoms with E-state index in [0.29, 0.717) is 38.3 Å². The van der Waals surface area contributed by atoms with Gasteiger partial charge in [-0.05, 0) is 12.8 Å². The van der Waals surface area contributed by atoms with E-state index >= 15 is 0 Å². The average Bonchev–Trinajstić information content (AvgIpc) is 2.91. The molecular weight excluding hydrogens is 284 g/mol. The Morgan fingerprint density at radius 2 is 2.15 bits per heavy atom. The second-order valence-electron chi connectivity index (χ2n) is 4.14. The van der Waals surface area contributed by atoms with Crippen molar-refractivity contribution in [1.29, 1.82) is 0 Å². The topological polar surface area (TPSA) is 119 Å². The van der Waals surface area contributed by atoms with Gasteiger partial charge in [-0.25, -0.2) is 13.1 Å². The molecule has 0 saturated heterocycles. The molecule has 0 unspecified atom stereocenters. The number of H-pyrrole nitrogens is 1. The molecule has 0 spiro atoms. The number of nitrogens with zero attached hydrogens (tertiary/aromatic N) is 1. The van der Waals surface area contributed by atoms with E-state index in [1.165, 1.54) is 6.20 Å². The lowest BCUT2D eigenvalue weighted by molar-refractivity contribution is 0.0689. The van der Waals surface area contributed by atoms with Gasteiger partial charge in [-0.15, -0.1) is 0 Å². The first-order valence-corrected chi connectivity index (χ1v) is 7.88. The molecule has 0 aliphatic carbocycles. The van der Waals surface area contributed by atoms with Crippen LogP contribution in [0.5, 0.6) is 0 Å². The van der Waals surface area contributed by atoms with Crippen LogP contribution in [-0.4, -0.2) is 52.1 Å². The molecule has 1 aromatic heterocycles. The highest BCUT2D eigenvalue weighted by molar-refractivity contribution is 7.89. The number of methoxy groups -OCH3 is 1. The Morgan fingerprint density at radius 1 is 1.35 bits per heavy atom. The molecule has 1 aromatic rings. The van der Waals surface area contributed by atoms with Crippen LogP contribution in [0.3, 0.4) is 0 Å². The maximum absolute atomic E-state index is 12.0. The van der Waals surface area contributed by atoms with Crippen molar-refractivity contribution in [2.75, 3.05) is 33.5 Å². The number of unbranched alkanes of at least 4 members (excludes halogenated alkanes) is 1. The van der Waals surface area contributed by atoms with Gasteiger partial charge in [-0.3, -0.25) is 5.10 Å². The molecular formula is C11H22N4O4S. The fraction of sp³-hybridized carbons (Fsp3) is 0.727. The van der Waals surface area contributed by atoms with Crippen LogP contribution in [0.1, 0.15) is 18.4 Å². The molecule has 0 fully saturated rings. The Bertz CT molecular complexity index is 475. The molecule has 0 saturated carbocycles. The first-order chi connectivity index (χ1) is 9.61. The molecule has 0 bridgehead atoms. The minimum atomic E-state index is -3.57. The van der Waals surface area contributed by atoms with E-state index in [4.69, 9.17) is 15.2 Å². The van der Waals surface area contributed by atoms with Crippen LogP contribution in [0.4, 0.5) is 0 Å². The fourth-order valence-corrected chi connectivity index (χ4v) is 2.74. The smallest absolute Gasteiger partial charge is 0.257 e. The third kappa shape index (κ3) is 5.55.